The van der Waals surface area contributed by atoms with E-state index in [1.165, 1.54) is 35.1 Å². The first-order valence-electron chi connectivity index (χ1n) is 8.19. The van der Waals surface area contributed by atoms with Crippen LogP contribution in [0.1, 0.15) is 11.8 Å². The number of hydrogen-bond acceptors (Lipinski definition) is 8. The van der Waals surface area contributed by atoms with Crippen molar-refractivity contribution in [3.63, 3.8) is 0 Å². The molecule has 0 unspecified atom stereocenters. The topological polar surface area (TPSA) is 108 Å². The lowest BCUT2D eigenvalue weighted by Gasteiger charge is -2.49. The Kier molecular flexibility index (Phi) is 4.89. The van der Waals surface area contributed by atoms with Gasteiger partial charge in [-0.1, -0.05) is 5.16 Å². The molecule has 4 heterocycles. The number of β-lactam (4-membered cyclic amide) rings is 1. The number of fused-ring (bicyclic) bond motifs is 2. The van der Waals surface area contributed by atoms with Crippen molar-refractivity contribution >= 4 is 67.3 Å². The number of carboxylic acid groups (broad SMARTS) is 1. The molecule has 1 fully saturated rings. The van der Waals surface area contributed by atoms with Crippen molar-refractivity contribution < 1.29 is 24.3 Å². The molecule has 2 aliphatic rings. The standard InChI is InChI=1S/C17H15N3O5S3/c1-7-6-27-15-11(14(22)20(15)12(7)16(23)24)18-13(21)10(19-25-2)9-5-8-3-4-26-17(8)28-9/h3-5,11,15H,6H2,1-2H3,(H,18,21)(H,23,24)/t11-,15-/m0/s1. The monoisotopic (exact) mass is 437 g/mol. The molecule has 0 spiro atoms. The van der Waals surface area contributed by atoms with Gasteiger partial charge in [0.2, 0.25) is 0 Å². The third-order valence-corrected chi connectivity index (χ3v) is 8.06. The SMILES string of the molecule is CON=C(C(=O)N[C@H]1C(=O)N2C(C(=O)O)=C(C)CS[C@@H]12)c1cc2ccsc2s1. The number of aliphatic carboxylic acids is 1. The van der Waals surface area contributed by atoms with Crippen LogP contribution in [0.15, 0.2) is 33.9 Å². The van der Waals surface area contributed by atoms with Crippen LogP contribution in [0.3, 0.4) is 0 Å². The fraction of sp³-hybridized carbons (Fsp3) is 0.294. The molecule has 2 atom stereocenters. The Balaban J connectivity index is 1.55. The quantitative estimate of drug-likeness (QED) is 0.421. The van der Waals surface area contributed by atoms with Gasteiger partial charge in [0.25, 0.3) is 11.8 Å². The molecule has 2 aromatic rings. The zero-order valence-corrected chi connectivity index (χ0v) is 17.2. The van der Waals surface area contributed by atoms with Crippen LogP contribution in [-0.4, -0.2) is 57.8 Å². The van der Waals surface area contributed by atoms with E-state index in [4.69, 9.17) is 4.84 Å². The number of amides is 2. The summed E-state index contributed by atoms with van der Waals surface area (Å²) in [7, 11) is 1.35. The Morgan fingerprint density at radius 1 is 1.43 bits per heavy atom. The molecule has 0 aliphatic carbocycles. The maximum Gasteiger partial charge on any atom is 0.352 e. The fourth-order valence-corrected chi connectivity index (χ4v) is 6.54. The summed E-state index contributed by atoms with van der Waals surface area (Å²) in [6.45, 7) is 1.69. The second-order valence-electron chi connectivity index (χ2n) is 6.19. The number of carbonyl (C=O) groups excluding carboxylic acids is 2. The van der Waals surface area contributed by atoms with Crippen molar-refractivity contribution in [2.45, 2.75) is 18.3 Å². The van der Waals surface area contributed by atoms with Gasteiger partial charge in [0.05, 0.1) is 8.89 Å². The van der Waals surface area contributed by atoms with E-state index in [0.29, 0.717) is 16.2 Å². The highest BCUT2D eigenvalue weighted by atomic mass is 32.2. The summed E-state index contributed by atoms with van der Waals surface area (Å²) in [6, 6.07) is 3.01. The first-order chi connectivity index (χ1) is 13.4. The van der Waals surface area contributed by atoms with E-state index in [0.717, 1.165) is 9.40 Å². The smallest absolute Gasteiger partial charge is 0.352 e. The largest absolute Gasteiger partial charge is 0.477 e. The molecule has 8 nitrogen and oxygen atoms in total. The molecule has 2 aromatic heterocycles. The zero-order chi connectivity index (χ0) is 20.0. The lowest BCUT2D eigenvalue weighted by atomic mass is 10.0. The van der Waals surface area contributed by atoms with Crippen LogP contribution < -0.4 is 5.32 Å². The van der Waals surface area contributed by atoms with Gasteiger partial charge in [-0.3, -0.25) is 14.5 Å². The zero-order valence-electron chi connectivity index (χ0n) is 14.8. The van der Waals surface area contributed by atoms with Gasteiger partial charge in [0.1, 0.15) is 24.2 Å². The summed E-state index contributed by atoms with van der Waals surface area (Å²) in [5.41, 5.74) is 0.726. The Bertz CT molecular complexity index is 1030. The summed E-state index contributed by atoms with van der Waals surface area (Å²) >= 11 is 4.42. The molecule has 0 aromatic carbocycles. The van der Waals surface area contributed by atoms with Crippen LogP contribution in [0.4, 0.5) is 0 Å². The minimum Gasteiger partial charge on any atom is -0.477 e. The lowest BCUT2D eigenvalue weighted by Crippen LogP contribution is -2.71. The minimum absolute atomic E-state index is 0.00326. The van der Waals surface area contributed by atoms with Gasteiger partial charge in [-0.05, 0) is 30.0 Å². The molecule has 2 N–H and O–H groups in total. The second-order valence-corrected chi connectivity index (χ2v) is 9.52. The molecule has 11 heteroatoms. The molecular weight excluding hydrogens is 422 g/mol. The Labute approximate surface area is 171 Å². The van der Waals surface area contributed by atoms with E-state index in [9.17, 15) is 19.5 Å². The maximum absolute atomic E-state index is 12.8. The number of hydrogen-bond donors (Lipinski definition) is 2. The Morgan fingerprint density at radius 3 is 2.89 bits per heavy atom. The maximum atomic E-state index is 12.8. The molecule has 28 heavy (non-hydrogen) atoms. The molecule has 4 rings (SSSR count). The van der Waals surface area contributed by atoms with E-state index < -0.39 is 29.2 Å². The highest BCUT2D eigenvalue weighted by Gasteiger charge is 2.54. The Hall–Kier alpha value is -2.37. The van der Waals surface area contributed by atoms with Gasteiger partial charge in [0.15, 0.2) is 5.71 Å². The molecule has 1 saturated heterocycles. The van der Waals surface area contributed by atoms with E-state index in [-0.39, 0.29) is 11.4 Å². The van der Waals surface area contributed by atoms with Crippen molar-refractivity contribution in [2.24, 2.45) is 5.16 Å². The van der Waals surface area contributed by atoms with Gasteiger partial charge in [-0.2, -0.15) is 0 Å². The van der Waals surface area contributed by atoms with Gasteiger partial charge in [-0.25, -0.2) is 4.79 Å². The number of rotatable bonds is 5. The van der Waals surface area contributed by atoms with Crippen LogP contribution in [0.2, 0.25) is 0 Å². The normalized spacial score (nSPS) is 22.1. The van der Waals surface area contributed by atoms with Crippen LogP contribution in [0, 0.1) is 0 Å². The summed E-state index contributed by atoms with van der Waals surface area (Å²) in [5, 5.41) is 18.5. The second kappa shape index (κ2) is 7.22. The lowest BCUT2D eigenvalue weighted by molar-refractivity contribution is -0.150. The average Bonchev–Trinajstić information content (AvgIpc) is 3.25. The van der Waals surface area contributed by atoms with Gasteiger partial charge in [0, 0.05) is 11.1 Å². The number of carboxylic acids is 1. The highest BCUT2D eigenvalue weighted by molar-refractivity contribution is 8.00. The van der Waals surface area contributed by atoms with Gasteiger partial charge >= 0.3 is 5.97 Å². The van der Waals surface area contributed by atoms with E-state index in [2.05, 4.69) is 10.5 Å². The molecule has 2 aliphatic heterocycles. The van der Waals surface area contributed by atoms with Gasteiger partial charge < -0.3 is 15.3 Å². The third kappa shape index (κ3) is 2.99. The number of thiophene rings is 2. The number of oxime groups is 1. The number of nitrogens with zero attached hydrogens (tertiary/aromatic N) is 2. The summed E-state index contributed by atoms with van der Waals surface area (Å²) < 4.78 is 1.06. The van der Waals surface area contributed by atoms with E-state index in [1.807, 2.05) is 17.5 Å². The summed E-state index contributed by atoms with van der Waals surface area (Å²) in [6.07, 6.45) is 0. The first-order valence-corrected chi connectivity index (χ1v) is 10.9. The van der Waals surface area contributed by atoms with Crippen molar-refractivity contribution in [3.8, 4) is 0 Å². The number of nitrogens with one attached hydrogen (secondary N) is 1. The van der Waals surface area contributed by atoms with Crippen molar-refractivity contribution in [1.29, 1.82) is 0 Å². The molecule has 146 valence electrons. The van der Waals surface area contributed by atoms with E-state index in [1.54, 1.807) is 18.3 Å². The Morgan fingerprint density at radius 2 is 2.21 bits per heavy atom. The third-order valence-electron chi connectivity index (χ3n) is 4.43. The van der Waals surface area contributed by atoms with Gasteiger partial charge in [-0.15, -0.1) is 34.4 Å². The number of carbonyl (C=O) groups is 3. The van der Waals surface area contributed by atoms with Crippen LogP contribution >= 0.6 is 34.4 Å². The van der Waals surface area contributed by atoms with Crippen molar-refractivity contribution in [1.82, 2.24) is 10.2 Å². The molecular formula is C17H15N3O5S3. The summed E-state index contributed by atoms with van der Waals surface area (Å²) in [5.74, 6) is -1.62. The molecule has 0 saturated carbocycles. The van der Waals surface area contributed by atoms with Crippen LogP contribution in [-0.2, 0) is 19.2 Å². The first kappa shape index (κ1) is 19.0. The molecule has 2 amide bonds. The molecule has 0 radical (unpaired) electrons. The predicted octanol–water partition coefficient (Wildman–Crippen LogP) is 2.07. The minimum atomic E-state index is -1.14. The summed E-state index contributed by atoms with van der Waals surface area (Å²) in [4.78, 5) is 43.6. The van der Waals surface area contributed by atoms with Crippen molar-refractivity contribution in [2.75, 3.05) is 12.9 Å². The van der Waals surface area contributed by atoms with Crippen molar-refractivity contribution in [3.05, 3.63) is 33.7 Å². The van der Waals surface area contributed by atoms with E-state index >= 15 is 0 Å². The average molecular weight is 438 g/mol. The number of thioether (sulfide) groups is 1. The predicted molar refractivity (Wildman–Crippen MR) is 109 cm³/mol. The highest BCUT2D eigenvalue weighted by Crippen LogP contribution is 2.40. The van der Waals surface area contributed by atoms with Crippen LogP contribution in [0.5, 0.6) is 0 Å². The molecule has 0 bridgehead atoms. The van der Waals surface area contributed by atoms with Crippen LogP contribution in [0.25, 0.3) is 9.40 Å². The fourth-order valence-electron chi connectivity index (χ4n) is 3.16.